The number of halogens is 1. The Kier molecular flexibility index (Phi) is 8.48. The van der Waals surface area contributed by atoms with Crippen molar-refractivity contribution in [3.8, 4) is 0 Å². The van der Waals surface area contributed by atoms with Gasteiger partial charge in [-0.3, -0.25) is 14.4 Å². The van der Waals surface area contributed by atoms with Crippen LogP contribution in [-0.4, -0.2) is 38.3 Å². The maximum absolute atomic E-state index is 13.3. The number of benzene rings is 3. The lowest BCUT2D eigenvalue weighted by molar-refractivity contribution is 0.0526. The Morgan fingerprint density at radius 1 is 1.02 bits per heavy atom. The van der Waals surface area contributed by atoms with Crippen molar-refractivity contribution in [2.45, 2.75) is 31.3 Å². The van der Waals surface area contributed by atoms with Gasteiger partial charge in [-0.15, -0.1) is 11.3 Å². The van der Waals surface area contributed by atoms with Crippen molar-refractivity contribution >= 4 is 43.9 Å². The molecule has 4 aromatic rings. The van der Waals surface area contributed by atoms with E-state index in [0.717, 1.165) is 47.8 Å². The van der Waals surface area contributed by atoms with Crippen LogP contribution in [0.15, 0.2) is 83.8 Å². The molecular formula is C30H28FN3O5S2. The number of anilines is 2. The molecule has 1 aromatic heterocycles. The van der Waals surface area contributed by atoms with Crippen LogP contribution < -0.4 is 10.0 Å². The van der Waals surface area contributed by atoms with E-state index in [2.05, 4.69) is 27.1 Å². The summed E-state index contributed by atoms with van der Waals surface area (Å²) in [4.78, 5) is 29.5. The largest absolute Gasteiger partial charge is 0.462 e. The Hall–Kier alpha value is -4.06. The predicted molar refractivity (Wildman–Crippen MR) is 156 cm³/mol. The van der Waals surface area contributed by atoms with Gasteiger partial charge in [0.25, 0.3) is 15.9 Å². The van der Waals surface area contributed by atoms with Crippen LogP contribution in [0.5, 0.6) is 0 Å². The fraction of sp³-hybridized carbons (Fsp3) is 0.200. The van der Waals surface area contributed by atoms with Gasteiger partial charge in [0, 0.05) is 35.8 Å². The van der Waals surface area contributed by atoms with Crippen molar-refractivity contribution in [1.29, 1.82) is 0 Å². The lowest BCUT2D eigenvalue weighted by Crippen LogP contribution is -2.29. The van der Waals surface area contributed by atoms with Crippen LogP contribution in [0.4, 0.5) is 15.1 Å². The molecule has 2 N–H and O–H groups in total. The maximum Gasteiger partial charge on any atom is 0.341 e. The SMILES string of the molecule is CCOC(=O)c1c(NC(=O)c2cccc(NS(=O)(=O)c3ccc(F)cc3)c2)sc2c1CCN(Cc1ccccc1)C2. The molecule has 0 unspecified atom stereocenters. The number of amides is 1. The van der Waals surface area contributed by atoms with Crippen molar-refractivity contribution in [3.05, 3.63) is 112 Å². The first-order valence-electron chi connectivity index (χ1n) is 13.0. The normalized spacial score (nSPS) is 13.3. The molecule has 1 aliphatic heterocycles. The topological polar surface area (TPSA) is 105 Å². The maximum atomic E-state index is 13.3. The van der Waals surface area contributed by atoms with Crippen LogP contribution in [0.3, 0.4) is 0 Å². The van der Waals surface area contributed by atoms with Gasteiger partial charge in [0.05, 0.1) is 17.1 Å². The summed E-state index contributed by atoms with van der Waals surface area (Å²) in [5, 5.41) is 3.26. The summed E-state index contributed by atoms with van der Waals surface area (Å²) in [6, 6.07) is 20.6. The first kappa shape index (κ1) is 28.5. The molecule has 2 heterocycles. The van der Waals surface area contributed by atoms with Gasteiger partial charge in [-0.05, 0) is 66.9 Å². The number of rotatable bonds is 9. The molecular weight excluding hydrogens is 565 g/mol. The van der Waals surface area contributed by atoms with Gasteiger partial charge in [-0.2, -0.15) is 0 Å². The van der Waals surface area contributed by atoms with Crippen LogP contribution >= 0.6 is 11.3 Å². The minimum atomic E-state index is -4.00. The average Bonchev–Trinajstić information content (AvgIpc) is 3.31. The number of carbonyl (C=O) groups excluding carboxylic acids is 2. The first-order valence-corrected chi connectivity index (χ1v) is 15.3. The number of hydrogen-bond donors (Lipinski definition) is 2. The summed E-state index contributed by atoms with van der Waals surface area (Å²) in [7, 11) is -4.00. The molecule has 0 fully saturated rings. The van der Waals surface area contributed by atoms with Gasteiger partial charge in [-0.25, -0.2) is 17.6 Å². The van der Waals surface area contributed by atoms with E-state index >= 15 is 0 Å². The number of ether oxygens (including phenoxy) is 1. The molecule has 1 aliphatic rings. The summed E-state index contributed by atoms with van der Waals surface area (Å²) in [6.07, 6.45) is 0.642. The second-order valence-electron chi connectivity index (χ2n) is 9.47. The third-order valence-corrected chi connectivity index (χ3v) is 9.12. The zero-order valence-corrected chi connectivity index (χ0v) is 23.9. The Balaban J connectivity index is 1.36. The Morgan fingerprint density at radius 2 is 1.78 bits per heavy atom. The molecule has 0 bridgehead atoms. The van der Waals surface area contributed by atoms with Gasteiger partial charge >= 0.3 is 5.97 Å². The fourth-order valence-electron chi connectivity index (χ4n) is 4.67. The van der Waals surface area contributed by atoms with E-state index in [4.69, 9.17) is 4.74 Å². The van der Waals surface area contributed by atoms with E-state index in [1.165, 1.54) is 29.0 Å². The monoisotopic (exact) mass is 593 g/mol. The van der Waals surface area contributed by atoms with Crippen molar-refractivity contribution < 1.29 is 27.1 Å². The second-order valence-corrected chi connectivity index (χ2v) is 12.3. The molecule has 0 aliphatic carbocycles. The molecule has 0 saturated heterocycles. The molecule has 8 nitrogen and oxygen atoms in total. The van der Waals surface area contributed by atoms with Gasteiger partial charge in [-0.1, -0.05) is 36.4 Å². The van der Waals surface area contributed by atoms with E-state index in [0.29, 0.717) is 23.5 Å². The highest BCUT2D eigenvalue weighted by Gasteiger charge is 2.30. The van der Waals surface area contributed by atoms with E-state index in [1.807, 2.05) is 18.2 Å². The van der Waals surface area contributed by atoms with Crippen molar-refractivity contribution in [3.63, 3.8) is 0 Å². The summed E-state index contributed by atoms with van der Waals surface area (Å²) < 4.78 is 46.4. The number of hydrogen-bond acceptors (Lipinski definition) is 7. The number of sulfonamides is 1. The highest BCUT2D eigenvalue weighted by atomic mass is 32.2. The molecule has 3 aromatic carbocycles. The lowest BCUT2D eigenvalue weighted by atomic mass is 10.0. The average molecular weight is 594 g/mol. The molecule has 1 amide bonds. The summed E-state index contributed by atoms with van der Waals surface area (Å²) >= 11 is 1.35. The highest BCUT2D eigenvalue weighted by molar-refractivity contribution is 7.92. The molecule has 0 saturated carbocycles. The smallest absolute Gasteiger partial charge is 0.341 e. The lowest BCUT2D eigenvalue weighted by Gasteiger charge is -2.27. The van der Waals surface area contributed by atoms with Gasteiger partial charge in [0.2, 0.25) is 0 Å². The van der Waals surface area contributed by atoms with Gasteiger partial charge in [0.15, 0.2) is 0 Å². The molecule has 0 atom stereocenters. The van der Waals surface area contributed by atoms with Gasteiger partial charge in [0.1, 0.15) is 10.8 Å². The predicted octanol–water partition coefficient (Wildman–Crippen LogP) is 5.68. The number of nitrogens with one attached hydrogen (secondary N) is 2. The van der Waals surface area contributed by atoms with Crippen molar-refractivity contribution in [2.24, 2.45) is 0 Å². The molecule has 212 valence electrons. The fourth-order valence-corrected chi connectivity index (χ4v) is 6.99. The number of esters is 1. The van der Waals surface area contributed by atoms with Crippen LogP contribution in [-0.2, 0) is 34.3 Å². The Bertz CT molecular complexity index is 1670. The summed E-state index contributed by atoms with van der Waals surface area (Å²) in [5.74, 6) is -1.54. The summed E-state index contributed by atoms with van der Waals surface area (Å²) in [5.41, 5.74) is 2.80. The first-order chi connectivity index (χ1) is 19.7. The van der Waals surface area contributed by atoms with Crippen LogP contribution in [0.1, 0.15) is 43.6 Å². The number of nitrogens with zero attached hydrogens (tertiary/aromatic N) is 1. The van der Waals surface area contributed by atoms with Gasteiger partial charge < -0.3 is 10.1 Å². The molecule has 11 heteroatoms. The van der Waals surface area contributed by atoms with Crippen LogP contribution in [0, 0.1) is 5.82 Å². The van der Waals surface area contributed by atoms with Crippen molar-refractivity contribution in [2.75, 3.05) is 23.2 Å². The summed E-state index contributed by atoms with van der Waals surface area (Å²) in [6.45, 7) is 4.10. The minimum absolute atomic E-state index is 0.113. The Morgan fingerprint density at radius 3 is 2.51 bits per heavy atom. The number of fused-ring (bicyclic) bond motifs is 1. The molecule has 0 spiro atoms. The molecule has 41 heavy (non-hydrogen) atoms. The third-order valence-electron chi connectivity index (χ3n) is 6.59. The van der Waals surface area contributed by atoms with E-state index in [9.17, 15) is 22.4 Å². The van der Waals surface area contributed by atoms with Crippen LogP contribution in [0.25, 0.3) is 0 Å². The quantitative estimate of drug-likeness (QED) is 0.242. The zero-order chi connectivity index (χ0) is 29.0. The third kappa shape index (κ3) is 6.64. The Labute approximate surface area is 241 Å². The highest BCUT2D eigenvalue weighted by Crippen LogP contribution is 2.38. The second kappa shape index (κ2) is 12.2. The van der Waals surface area contributed by atoms with Crippen molar-refractivity contribution in [1.82, 2.24) is 4.90 Å². The number of carbonyl (C=O) groups is 2. The molecule has 5 rings (SSSR count). The number of thiophene rings is 1. The zero-order valence-electron chi connectivity index (χ0n) is 22.2. The van der Waals surface area contributed by atoms with Crippen LogP contribution in [0.2, 0.25) is 0 Å². The van der Waals surface area contributed by atoms with E-state index in [-0.39, 0.29) is 22.8 Å². The minimum Gasteiger partial charge on any atom is -0.462 e. The standard InChI is InChI=1S/C30H28FN3O5S2/c1-2-39-30(36)27-25-15-16-34(18-20-7-4-3-5-8-20)19-26(25)40-29(27)32-28(35)21-9-6-10-23(17-21)33-41(37,38)24-13-11-22(31)12-14-24/h3-14,17,33H,2,15-16,18-19H2,1H3,(H,32,35). The molecule has 0 radical (unpaired) electrons. The van der Waals surface area contributed by atoms with E-state index < -0.39 is 27.7 Å². The van der Waals surface area contributed by atoms with E-state index in [1.54, 1.807) is 19.1 Å².